The maximum atomic E-state index is 12.7. The van der Waals surface area contributed by atoms with Crippen LogP contribution in [0.5, 0.6) is 0 Å². The molecule has 0 unspecified atom stereocenters. The number of carbonyl (C=O) groups is 1. The lowest BCUT2D eigenvalue weighted by Gasteiger charge is -2.17. The molecular weight excluding hydrogens is 358 g/mol. The van der Waals surface area contributed by atoms with Crippen molar-refractivity contribution >= 4 is 38.5 Å². The molecule has 0 bridgehead atoms. The summed E-state index contributed by atoms with van der Waals surface area (Å²) in [5, 5.41) is -0.566. The van der Waals surface area contributed by atoms with Crippen LogP contribution in [0.1, 0.15) is 16.8 Å². The van der Waals surface area contributed by atoms with Crippen molar-refractivity contribution < 1.29 is 13.2 Å². The van der Waals surface area contributed by atoms with Crippen molar-refractivity contribution in [1.29, 1.82) is 0 Å². The predicted octanol–water partition coefficient (Wildman–Crippen LogP) is 2.38. The summed E-state index contributed by atoms with van der Waals surface area (Å²) in [5.41, 5.74) is 1.95. The predicted molar refractivity (Wildman–Crippen MR) is 95.4 cm³/mol. The standard InChI is InChI=1S/C17H15N3O3S2/c21-17(12-6-7-15-16(10-12)19-24-18-15)20-9-8-14(11-20)25(22,23)13-4-2-1-3-5-13/h1-7,10,14H,8-9,11H2/t14-/m0/s1. The Morgan fingerprint density at radius 1 is 1.08 bits per heavy atom. The topological polar surface area (TPSA) is 80.2 Å². The van der Waals surface area contributed by atoms with Gasteiger partial charge in [0, 0.05) is 18.7 Å². The first-order chi connectivity index (χ1) is 12.1. The summed E-state index contributed by atoms with van der Waals surface area (Å²) in [5.74, 6) is -0.166. The Labute approximate surface area is 149 Å². The van der Waals surface area contributed by atoms with Crippen LogP contribution in [0.4, 0.5) is 0 Å². The van der Waals surface area contributed by atoms with Crippen LogP contribution >= 0.6 is 11.7 Å². The second kappa shape index (κ2) is 6.20. The molecule has 1 atom stereocenters. The minimum Gasteiger partial charge on any atom is -0.337 e. The number of nitrogens with zero attached hydrogens (tertiary/aromatic N) is 3. The van der Waals surface area contributed by atoms with Gasteiger partial charge in [0.05, 0.1) is 21.9 Å². The number of aromatic nitrogens is 2. The quantitative estimate of drug-likeness (QED) is 0.704. The van der Waals surface area contributed by atoms with Gasteiger partial charge in [0.2, 0.25) is 0 Å². The Bertz CT molecular complexity index is 1030. The van der Waals surface area contributed by atoms with Crippen LogP contribution < -0.4 is 0 Å². The highest BCUT2D eigenvalue weighted by atomic mass is 32.2. The van der Waals surface area contributed by atoms with Crippen LogP contribution in [-0.2, 0) is 9.84 Å². The molecule has 0 saturated carbocycles. The lowest BCUT2D eigenvalue weighted by molar-refractivity contribution is 0.0793. The molecule has 4 rings (SSSR count). The second-order valence-electron chi connectivity index (χ2n) is 5.99. The Balaban J connectivity index is 1.54. The van der Waals surface area contributed by atoms with Crippen molar-refractivity contribution in [3.8, 4) is 0 Å². The van der Waals surface area contributed by atoms with Crippen molar-refractivity contribution in [1.82, 2.24) is 13.6 Å². The van der Waals surface area contributed by atoms with E-state index in [4.69, 9.17) is 0 Å². The fourth-order valence-corrected chi connectivity index (χ4v) is 5.30. The Kier molecular flexibility index (Phi) is 4.01. The third-order valence-corrected chi connectivity index (χ3v) is 7.19. The number of benzene rings is 2. The molecule has 0 aliphatic carbocycles. The van der Waals surface area contributed by atoms with Crippen LogP contribution in [0.3, 0.4) is 0 Å². The first-order valence-corrected chi connectivity index (χ1v) is 10.1. The van der Waals surface area contributed by atoms with Gasteiger partial charge in [-0.1, -0.05) is 18.2 Å². The van der Waals surface area contributed by atoms with Gasteiger partial charge in [-0.3, -0.25) is 4.79 Å². The van der Waals surface area contributed by atoms with Crippen LogP contribution in [0.2, 0.25) is 0 Å². The highest BCUT2D eigenvalue weighted by molar-refractivity contribution is 7.92. The lowest BCUT2D eigenvalue weighted by atomic mass is 10.2. The highest BCUT2D eigenvalue weighted by Gasteiger charge is 2.36. The number of rotatable bonds is 3. The molecule has 1 amide bonds. The van der Waals surface area contributed by atoms with E-state index in [0.29, 0.717) is 28.9 Å². The lowest BCUT2D eigenvalue weighted by Crippen LogP contribution is -2.31. The largest absolute Gasteiger partial charge is 0.337 e. The molecule has 128 valence electrons. The van der Waals surface area contributed by atoms with Crippen LogP contribution in [-0.4, -0.2) is 46.3 Å². The van der Waals surface area contributed by atoms with Crippen molar-refractivity contribution in [2.24, 2.45) is 0 Å². The zero-order chi connectivity index (χ0) is 17.4. The summed E-state index contributed by atoms with van der Waals surface area (Å²) in [4.78, 5) is 14.6. The van der Waals surface area contributed by atoms with E-state index in [0.717, 1.165) is 17.2 Å². The first kappa shape index (κ1) is 16.2. The summed E-state index contributed by atoms with van der Waals surface area (Å²) in [6, 6.07) is 13.6. The van der Waals surface area contributed by atoms with Crippen LogP contribution in [0.25, 0.3) is 11.0 Å². The fourth-order valence-electron chi connectivity index (χ4n) is 3.07. The smallest absolute Gasteiger partial charge is 0.253 e. The number of likely N-dealkylation sites (tertiary alicyclic amines) is 1. The van der Waals surface area contributed by atoms with Crippen molar-refractivity contribution in [2.45, 2.75) is 16.6 Å². The molecule has 8 heteroatoms. The summed E-state index contributed by atoms with van der Waals surface area (Å²) in [6.07, 6.45) is 0.448. The Morgan fingerprint density at radius 3 is 2.64 bits per heavy atom. The Morgan fingerprint density at radius 2 is 1.84 bits per heavy atom. The summed E-state index contributed by atoms with van der Waals surface area (Å²) in [6.45, 7) is 0.645. The number of sulfone groups is 1. The van der Waals surface area contributed by atoms with Gasteiger partial charge in [-0.15, -0.1) is 0 Å². The van der Waals surface area contributed by atoms with Crippen molar-refractivity contribution in [3.63, 3.8) is 0 Å². The van der Waals surface area contributed by atoms with Gasteiger partial charge in [0.25, 0.3) is 5.91 Å². The van der Waals surface area contributed by atoms with E-state index in [1.165, 1.54) is 0 Å². The zero-order valence-corrected chi connectivity index (χ0v) is 14.8. The SMILES string of the molecule is O=C(c1ccc2nsnc2c1)N1CC[C@H](S(=O)(=O)c2ccccc2)C1. The number of fused-ring (bicyclic) bond motifs is 1. The molecule has 0 radical (unpaired) electrons. The molecule has 6 nitrogen and oxygen atoms in total. The van der Waals surface area contributed by atoms with Gasteiger partial charge in [0.1, 0.15) is 11.0 Å². The van der Waals surface area contributed by atoms with Gasteiger partial charge in [-0.2, -0.15) is 8.75 Å². The van der Waals surface area contributed by atoms with E-state index in [-0.39, 0.29) is 12.5 Å². The molecule has 0 spiro atoms. The van der Waals surface area contributed by atoms with Gasteiger partial charge in [-0.05, 0) is 36.8 Å². The van der Waals surface area contributed by atoms with E-state index in [2.05, 4.69) is 8.75 Å². The third-order valence-electron chi connectivity index (χ3n) is 4.44. The molecule has 2 aromatic carbocycles. The monoisotopic (exact) mass is 373 g/mol. The van der Waals surface area contributed by atoms with E-state index in [1.54, 1.807) is 53.4 Å². The maximum Gasteiger partial charge on any atom is 0.253 e. The maximum absolute atomic E-state index is 12.7. The highest BCUT2D eigenvalue weighted by Crippen LogP contribution is 2.25. The molecule has 1 aliphatic rings. The molecule has 1 fully saturated rings. The summed E-state index contributed by atoms with van der Waals surface area (Å²) >= 11 is 1.10. The molecule has 1 saturated heterocycles. The third kappa shape index (κ3) is 2.91. The van der Waals surface area contributed by atoms with Crippen LogP contribution in [0.15, 0.2) is 53.4 Å². The summed E-state index contributed by atoms with van der Waals surface area (Å²) < 4.78 is 33.7. The average Bonchev–Trinajstić information content (AvgIpc) is 3.31. The van der Waals surface area contributed by atoms with Crippen molar-refractivity contribution in [3.05, 3.63) is 54.1 Å². The van der Waals surface area contributed by atoms with E-state index >= 15 is 0 Å². The zero-order valence-electron chi connectivity index (χ0n) is 13.2. The minimum absolute atomic E-state index is 0.166. The second-order valence-corrected chi connectivity index (χ2v) is 8.74. The average molecular weight is 373 g/mol. The normalized spacial score (nSPS) is 17.9. The number of hydrogen-bond donors (Lipinski definition) is 0. The van der Waals surface area contributed by atoms with Gasteiger partial charge < -0.3 is 4.90 Å². The molecule has 25 heavy (non-hydrogen) atoms. The Hall–Kier alpha value is -2.32. The fraction of sp³-hybridized carbons (Fsp3) is 0.235. The number of hydrogen-bond acceptors (Lipinski definition) is 6. The number of carbonyl (C=O) groups excluding carboxylic acids is 1. The van der Waals surface area contributed by atoms with Gasteiger partial charge in [0.15, 0.2) is 9.84 Å². The first-order valence-electron chi connectivity index (χ1n) is 7.86. The summed E-state index contributed by atoms with van der Waals surface area (Å²) in [7, 11) is -3.43. The molecule has 0 N–H and O–H groups in total. The van der Waals surface area contributed by atoms with Gasteiger partial charge in [-0.25, -0.2) is 8.42 Å². The molecule has 1 aliphatic heterocycles. The van der Waals surface area contributed by atoms with Crippen LogP contribution in [0, 0.1) is 0 Å². The van der Waals surface area contributed by atoms with E-state index in [1.807, 2.05) is 0 Å². The minimum atomic E-state index is -3.43. The van der Waals surface area contributed by atoms with Crippen molar-refractivity contribution in [2.75, 3.05) is 13.1 Å². The molecule has 3 aromatic rings. The molecule has 2 heterocycles. The van der Waals surface area contributed by atoms with E-state index < -0.39 is 15.1 Å². The van der Waals surface area contributed by atoms with Gasteiger partial charge >= 0.3 is 0 Å². The molecule has 1 aromatic heterocycles. The molecular formula is C17H15N3O3S2. The van der Waals surface area contributed by atoms with E-state index in [9.17, 15) is 13.2 Å². The number of amides is 1.